The Morgan fingerprint density at radius 3 is 3.00 bits per heavy atom. The molecular weight excluding hydrogens is 234 g/mol. The molecule has 0 saturated heterocycles. The molecule has 4 heteroatoms. The van der Waals surface area contributed by atoms with Crippen LogP contribution in [0.5, 0.6) is 0 Å². The molecule has 1 heterocycles. The van der Waals surface area contributed by atoms with Crippen LogP contribution >= 0.6 is 11.6 Å². The van der Waals surface area contributed by atoms with Gasteiger partial charge in [0.05, 0.1) is 0 Å². The Morgan fingerprint density at radius 2 is 2.29 bits per heavy atom. The summed E-state index contributed by atoms with van der Waals surface area (Å²) in [6.07, 6.45) is 4.50. The van der Waals surface area contributed by atoms with Crippen molar-refractivity contribution in [1.82, 2.24) is 9.55 Å². The predicted molar refractivity (Wildman–Crippen MR) is 70.0 cm³/mol. The van der Waals surface area contributed by atoms with Gasteiger partial charge in [-0.25, -0.2) is 4.98 Å². The van der Waals surface area contributed by atoms with Crippen LogP contribution in [-0.2, 0) is 13.0 Å². The van der Waals surface area contributed by atoms with Crippen LogP contribution in [0.3, 0.4) is 0 Å². The Morgan fingerprint density at radius 1 is 1.47 bits per heavy atom. The smallest absolute Gasteiger partial charge is 0.110 e. The topological polar surface area (TPSA) is 43.8 Å². The van der Waals surface area contributed by atoms with E-state index in [1.54, 1.807) is 0 Å². The summed E-state index contributed by atoms with van der Waals surface area (Å²) in [5.74, 6) is 1.01. The van der Waals surface area contributed by atoms with E-state index in [4.69, 9.17) is 17.3 Å². The summed E-state index contributed by atoms with van der Waals surface area (Å²) in [4.78, 5) is 4.32. The quantitative estimate of drug-likeness (QED) is 0.906. The predicted octanol–water partition coefficient (Wildman–Crippen LogP) is 2.80. The Balaban J connectivity index is 2.14. The number of nitrogens with two attached hydrogens (primary N) is 1. The van der Waals surface area contributed by atoms with Crippen molar-refractivity contribution in [3.8, 4) is 0 Å². The van der Waals surface area contributed by atoms with Crippen molar-refractivity contribution in [2.45, 2.75) is 25.9 Å². The van der Waals surface area contributed by atoms with Gasteiger partial charge in [0.1, 0.15) is 5.82 Å². The second kappa shape index (κ2) is 5.34. The lowest BCUT2D eigenvalue weighted by atomic mass is 10.0. The Labute approximate surface area is 106 Å². The van der Waals surface area contributed by atoms with Crippen LogP contribution in [0.25, 0.3) is 0 Å². The summed E-state index contributed by atoms with van der Waals surface area (Å²) in [5.41, 5.74) is 7.21. The Kier molecular flexibility index (Phi) is 3.82. The van der Waals surface area contributed by atoms with Gasteiger partial charge in [-0.3, -0.25) is 0 Å². The number of rotatable bonds is 4. The normalized spacial score (nSPS) is 12.6. The number of aryl methyl sites for hydroxylation is 1. The van der Waals surface area contributed by atoms with Crippen molar-refractivity contribution in [2.24, 2.45) is 5.73 Å². The molecule has 0 bridgehead atoms. The number of hydrogen-bond acceptors (Lipinski definition) is 2. The first-order valence-corrected chi connectivity index (χ1v) is 6.09. The standard InChI is InChI=1S/C13H16ClN3/c1-2-17-7-6-16-13(17)9-12(15)10-4-3-5-11(14)8-10/h3-8,12H,2,9,15H2,1H3. The third kappa shape index (κ3) is 2.87. The maximum atomic E-state index is 6.17. The number of hydrogen-bond donors (Lipinski definition) is 1. The van der Waals surface area contributed by atoms with Crippen LogP contribution in [-0.4, -0.2) is 9.55 Å². The third-order valence-electron chi connectivity index (χ3n) is 2.82. The molecule has 0 aliphatic heterocycles. The van der Waals surface area contributed by atoms with Gasteiger partial charge in [-0.15, -0.1) is 0 Å². The highest BCUT2D eigenvalue weighted by atomic mass is 35.5. The first-order valence-electron chi connectivity index (χ1n) is 5.71. The SMILES string of the molecule is CCn1ccnc1CC(N)c1cccc(Cl)c1. The molecule has 1 atom stereocenters. The first kappa shape index (κ1) is 12.1. The van der Waals surface area contributed by atoms with Crippen molar-refractivity contribution < 1.29 is 0 Å². The van der Waals surface area contributed by atoms with Crippen LogP contribution in [0.4, 0.5) is 0 Å². The summed E-state index contributed by atoms with van der Waals surface area (Å²) >= 11 is 5.95. The molecule has 0 fully saturated rings. The molecule has 0 radical (unpaired) electrons. The highest BCUT2D eigenvalue weighted by Crippen LogP contribution is 2.19. The second-order valence-electron chi connectivity index (χ2n) is 4.00. The zero-order valence-electron chi connectivity index (χ0n) is 9.81. The average Bonchev–Trinajstić information content (AvgIpc) is 2.76. The van der Waals surface area contributed by atoms with Crippen molar-refractivity contribution in [1.29, 1.82) is 0 Å². The van der Waals surface area contributed by atoms with Crippen LogP contribution in [0.1, 0.15) is 24.4 Å². The number of benzene rings is 1. The molecule has 0 aliphatic rings. The number of nitrogens with zero attached hydrogens (tertiary/aromatic N) is 2. The van der Waals surface area contributed by atoms with E-state index >= 15 is 0 Å². The summed E-state index contributed by atoms with van der Waals surface area (Å²) < 4.78 is 2.10. The molecule has 17 heavy (non-hydrogen) atoms. The van der Waals surface area contributed by atoms with Crippen molar-refractivity contribution in [3.63, 3.8) is 0 Å². The molecule has 90 valence electrons. The van der Waals surface area contributed by atoms with Gasteiger partial charge in [-0.2, -0.15) is 0 Å². The van der Waals surface area contributed by atoms with Gasteiger partial charge in [0.15, 0.2) is 0 Å². The molecular formula is C13H16ClN3. The fourth-order valence-corrected chi connectivity index (χ4v) is 2.07. The summed E-state index contributed by atoms with van der Waals surface area (Å²) in [6.45, 7) is 3.01. The molecule has 0 saturated carbocycles. The highest BCUT2D eigenvalue weighted by Gasteiger charge is 2.10. The molecule has 1 aromatic carbocycles. The van der Waals surface area contributed by atoms with Crippen molar-refractivity contribution in [3.05, 3.63) is 53.1 Å². The second-order valence-corrected chi connectivity index (χ2v) is 4.43. The third-order valence-corrected chi connectivity index (χ3v) is 3.06. The fourth-order valence-electron chi connectivity index (χ4n) is 1.87. The van der Waals surface area contributed by atoms with Gasteiger partial charge < -0.3 is 10.3 Å². The van der Waals surface area contributed by atoms with Gasteiger partial charge in [0.25, 0.3) is 0 Å². The zero-order chi connectivity index (χ0) is 12.3. The van der Waals surface area contributed by atoms with Crippen molar-refractivity contribution in [2.75, 3.05) is 0 Å². The van der Waals surface area contributed by atoms with E-state index in [0.717, 1.165) is 29.4 Å². The monoisotopic (exact) mass is 249 g/mol. The lowest BCUT2D eigenvalue weighted by Gasteiger charge is -2.13. The van der Waals surface area contributed by atoms with Gasteiger partial charge in [0, 0.05) is 36.4 Å². The van der Waals surface area contributed by atoms with Gasteiger partial charge in [-0.1, -0.05) is 23.7 Å². The van der Waals surface area contributed by atoms with Crippen LogP contribution in [0.15, 0.2) is 36.7 Å². The van der Waals surface area contributed by atoms with Gasteiger partial charge in [0.2, 0.25) is 0 Å². The average molecular weight is 250 g/mol. The van der Waals surface area contributed by atoms with E-state index in [-0.39, 0.29) is 6.04 Å². The molecule has 3 nitrogen and oxygen atoms in total. The minimum Gasteiger partial charge on any atom is -0.335 e. The molecule has 0 spiro atoms. The van der Waals surface area contributed by atoms with E-state index in [0.29, 0.717) is 0 Å². The Bertz CT molecular complexity index is 493. The summed E-state index contributed by atoms with van der Waals surface area (Å²) in [5, 5.41) is 0.719. The summed E-state index contributed by atoms with van der Waals surface area (Å²) in [7, 11) is 0. The minimum atomic E-state index is -0.0681. The summed E-state index contributed by atoms with van der Waals surface area (Å²) in [6, 6.07) is 7.61. The van der Waals surface area contributed by atoms with E-state index < -0.39 is 0 Å². The highest BCUT2D eigenvalue weighted by molar-refractivity contribution is 6.30. The molecule has 2 aromatic rings. The molecule has 1 unspecified atom stereocenters. The van der Waals surface area contributed by atoms with Gasteiger partial charge >= 0.3 is 0 Å². The molecule has 0 amide bonds. The van der Waals surface area contributed by atoms with Gasteiger partial charge in [-0.05, 0) is 24.6 Å². The lowest BCUT2D eigenvalue weighted by molar-refractivity contribution is 0.628. The largest absolute Gasteiger partial charge is 0.335 e. The lowest BCUT2D eigenvalue weighted by Crippen LogP contribution is -2.16. The van der Waals surface area contributed by atoms with E-state index in [1.807, 2.05) is 36.7 Å². The minimum absolute atomic E-state index is 0.0681. The van der Waals surface area contributed by atoms with Crippen LogP contribution < -0.4 is 5.73 Å². The zero-order valence-corrected chi connectivity index (χ0v) is 10.6. The molecule has 2 rings (SSSR count). The molecule has 1 aromatic heterocycles. The van der Waals surface area contributed by atoms with E-state index in [9.17, 15) is 0 Å². The molecule has 2 N–H and O–H groups in total. The first-order chi connectivity index (χ1) is 8.20. The van der Waals surface area contributed by atoms with Crippen molar-refractivity contribution >= 4 is 11.6 Å². The van der Waals surface area contributed by atoms with E-state index in [1.165, 1.54) is 0 Å². The van der Waals surface area contributed by atoms with E-state index in [2.05, 4.69) is 16.5 Å². The van der Waals surface area contributed by atoms with Crippen LogP contribution in [0, 0.1) is 0 Å². The van der Waals surface area contributed by atoms with Crippen LogP contribution in [0.2, 0.25) is 5.02 Å². The Hall–Kier alpha value is -1.32. The number of aromatic nitrogens is 2. The number of imidazole rings is 1. The maximum Gasteiger partial charge on any atom is 0.110 e. The molecule has 0 aliphatic carbocycles. The maximum absolute atomic E-state index is 6.17. The fraction of sp³-hybridized carbons (Fsp3) is 0.308. The number of halogens is 1.